The molecule has 130 valence electrons. The topological polar surface area (TPSA) is 44.9 Å². The molecule has 0 amide bonds. The first kappa shape index (κ1) is 16.5. The van der Waals surface area contributed by atoms with Crippen LogP contribution in [0.5, 0.6) is 5.75 Å². The van der Waals surface area contributed by atoms with Gasteiger partial charge in [-0.15, -0.1) is 11.8 Å². The fourth-order valence-electron chi connectivity index (χ4n) is 2.94. The van der Waals surface area contributed by atoms with Crippen molar-refractivity contribution in [3.05, 3.63) is 73.3 Å². The normalized spacial score (nSPS) is 10.8. The monoisotopic (exact) mass is 362 g/mol. The van der Waals surface area contributed by atoms with Gasteiger partial charge in [0.25, 0.3) is 0 Å². The third-order valence-corrected chi connectivity index (χ3v) is 4.79. The molecule has 0 unspecified atom stereocenters. The van der Waals surface area contributed by atoms with Crippen LogP contribution in [0.4, 0.5) is 0 Å². The fraction of sp³-hybridized carbons (Fsp3) is 0.100. The summed E-state index contributed by atoms with van der Waals surface area (Å²) in [6.45, 7) is 0. The van der Waals surface area contributed by atoms with Crippen molar-refractivity contribution in [3.8, 4) is 28.4 Å². The summed E-state index contributed by atoms with van der Waals surface area (Å²) in [4.78, 5) is 4.22. The van der Waals surface area contributed by atoms with Crippen molar-refractivity contribution in [1.82, 2.24) is 19.3 Å². The SMILES string of the molecule is COc1cccc(-c2c(-n3ccnc3)c(SC)nn2-c2ccccc2)c1. The van der Waals surface area contributed by atoms with Gasteiger partial charge in [0.2, 0.25) is 0 Å². The molecule has 4 rings (SSSR count). The summed E-state index contributed by atoms with van der Waals surface area (Å²) in [5.41, 5.74) is 4.04. The van der Waals surface area contributed by atoms with Crippen LogP contribution in [0.3, 0.4) is 0 Å². The molecule has 2 aromatic heterocycles. The van der Waals surface area contributed by atoms with Gasteiger partial charge in [-0.2, -0.15) is 5.10 Å². The maximum absolute atomic E-state index is 5.43. The van der Waals surface area contributed by atoms with Crippen molar-refractivity contribution in [3.63, 3.8) is 0 Å². The average molecular weight is 362 g/mol. The number of hydrogen-bond acceptors (Lipinski definition) is 4. The smallest absolute Gasteiger partial charge is 0.143 e. The number of nitrogens with zero attached hydrogens (tertiary/aromatic N) is 4. The first-order chi connectivity index (χ1) is 12.8. The molecule has 0 bridgehead atoms. The van der Waals surface area contributed by atoms with Crippen LogP contribution in [0, 0.1) is 0 Å². The Hall–Kier alpha value is -2.99. The number of imidazole rings is 1. The van der Waals surface area contributed by atoms with E-state index in [2.05, 4.69) is 23.2 Å². The molecule has 0 N–H and O–H groups in total. The van der Waals surface area contributed by atoms with Crippen molar-refractivity contribution >= 4 is 11.8 Å². The predicted molar refractivity (Wildman–Crippen MR) is 104 cm³/mol. The molecular weight excluding hydrogens is 344 g/mol. The van der Waals surface area contributed by atoms with Gasteiger partial charge < -0.3 is 9.30 Å². The van der Waals surface area contributed by atoms with E-state index in [0.717, 1.165) is 33.4 Å². The fourth-order valence-corrected chi connectivity index (χ4v) is 3.50. The molecule has 4 aromatic rings. The van der Waals surface area contributed by atoms with E-state index in [9.17, 15) is 0 Å². The van der Waals surface area contributed by atoms with E-state index >= 15 is 0 Å². The molecule has 0 saturated carbocycles. The zero-order valence-corrected chi connectivity index (χ0v) is 15.4. The van der Waals surface area contributed by atoms with Crippen LogP contribution < -0.4 is 4.74 Å². The van der Waals surface area contributed by atoms with Gasteiger partial charge in [-0.25, -0.2) is 9.67 Å². The van der Waals surface area contributed by atoms with E-state index < -0.39 is 0 Å². The Morgan fingerprint density at radius 1 is 1.04 bits per heavy atom. The molecule has 2 heterocycles. The highest BCUT2D eigenvalue weighted by atomic mass is 32.2. The van der Waals surface area contributed by atoms with Crippen LogP contribution in [0.2, 0.25) is 0 Å². The molecule has 6 heteroatoms. The molecule has 0 radical (unpaired) electrons. The Balaban J connectivity index is 2.04. The van der Waals surface area contributed by atoms with Crippen molar-refractivity contribution in [2.45, 2.75) is 5.03 Å². The lowest BCUT2D eigenvalue weighted by Crippen LogP contribution is -2.01. The Bertz CT molecular complexity index is 1010. The van der Waals surface area contributed by atoms with E-state index in [0.29, 0.717) is 0 Å². The van der Waals surface area contributed by atoms with Crippen LogP contribution in [0.1, 0.15) is 0 Å². The summed E-state index contributed by atoms with van der Waals surface area (Å²) >= 11 is 1.62. The van der Waals surface area contributed by atoms with E-state index in [1.807, 2.05) is 58.1 Å². The summed E-state index contributed by atoms with van der Waals surface area (Å²) in [5, 5.41) is 5.81. The van der Waals surface area contributed by atoms with Gasteiger partial charge >= 0.3 is 0 Å². The summed E-state index contributed by atoms with van der Waals surface area (Å²) in [6.07, 6.45) is 7.55. The Kier molecular flexibility index (Phi) is 4.50. The van der Waals surface area contributed by atoms with Crippen molar-refractivity contribution < 1.29 is 4.74 Å². The van der Waals surface area contributed by atoms with E-state index in [-0.39, 0.29) is 0 Å². The van der Waals surface area contributed by atoms with Gasteiger partial charge in [0.1, 0.15) is 16.5 Å². The lowest BCUT2D eigenvalue weighted by molar-refractivity contribution is 0.415. The highest BCUT2D eigenvalue weighted by Gasteiger charge is 2.21. The molecule has 5 nitrogen and oxygen atoms in total. The highest BCUT2D eigenvalue weighted by Crippen LogP contribution is 2.36. The Morgan fingerprint density at radius 3 is 2.58 bits per heavy atom. The highest BCUT2D eigenvalue weighted by molar-refractivity contribution is 7.98. The number of ether oxygens (including phenoxy) is 1. The lowest BCUT2D eigenvalue weighted by Gasteiger charge is -2.11. The Morgan fingerprint density at radius 2 is 1.88 bits per heavy atom. The van der Waals surface area contributed by atoms with Gasteiger partial charge in [0, 0.05) is 18.0 Å². The standard InChI is InChI=1S/C20H18N4OS/c1-25-17-10-6-7-15(13-17)18-19(23-12-11-21-14-23)20(26-2)22-24(18)16-8-4-3-5-9-16/h3-14H,1-2H3. The summed E-state index contributed by atoms with van der Waals surface area (Å²) in [5.74, 6) is 0.811. The second-order valence-corrected chi connectivity index (χ2v) is 6.45. The zero-order valence-electron chi connectivity index (χ0n) is 14.5. The van der Waals surface area contributed by atoms with Crippen molar-refractivity contribution in [2.24, 2.45) is 0 Å². The minimum absolute atomic E-state index is 0.811. The van der Waals surface area contributed by atoms with Gasteiger partial charge in [0.05, 0.1) is 24.8 Å². The van der Waals surface area contributed by atoms with Gasteiger partial charge in [0.15, 0.2) is 0 Å². The molecule has 26 heavy (non-hydrogen) atoms. The Labute approximate surface area is 156 Å². The lowest BCUT2D eigenvalue weighted by atomic mass is 10.1. The molecule has 0 aliphatic heterocycles. The number of para-hydroxylation sites is 1. The molecule has 0 aliphatic carbocycles. The molecular formula is C20H18N4OS. The van der Waals surface area contributed by atoms with Gasteiger partial charge in [-0.05, 0) is 30.5 Å². The minimum atomic E-state index is 0.811. The number of aromatic nitrogens is 4. The molecule has 0 saturated heterocycles. The molecule has 0 spiro atoms. The van der Waals surface area contributed by atoms with Crippen LogP contribution in [-0.4, -0.2) is 32.7 Å². The molecule has 0 atom stereocenters. The second-order valence-electron chi connectivity index (χ2n) is 5.66. The van der Waals surface area contributed by atoms with Crippen LogP contribution in [0.25, 0.3) is 22.6 Å². The van der Waals surface area contributed by atoms with Crippen molar-refractivity contribution in [2.75, 3.05) is 13.4 Å². The maximum atomic E-state index is 5.43. The minimum Gasteiger partial charge on any atom is -0.497 e. The number of thioether (sulfide) groups is 1. The van der Waals surface area contributed by atoms with Gasteiger partial charge in [-0.3, -0.25) is 0 Å². The third kappa shape index (κ3) is 2.88. The summed E-state index contributed by atoms with van der Waals surface area (Å²) < 4.78 is 9.42. The van der Waals surface area contributed by atoms with E-state index in [4.69, 9.17) is 9.84 Å². The second kappa shape index (κ2) is 7.09. The number of benzene rings is 2. The quantitative estimate of drug-likeness (QED) is 0.492. The number of hydrogen-bond donors (Lipinski definition) is 0. The first-order valence-electron chi connectivity index (χ1n) is 8.17. The molecule has 0 aliphatic rings. The third-order valence-electron chi connectivity index (χ3n) is 4.13. The average Bonchev–Trinajstić information content (AvgIpc) is 3.36. The summed E-state index contributed by atoms with van der Waals surface area (Å²) in [6, 6.07) is 18.2. The predicted octanol–water partition coefficient (Wildman–Crippen LogP) is 4.46. The number of rotatable bonds is 5. The molecule has 0 fully saturated rings. The maximum Gasteiger partial charge on any atom is 0.143 e. The largest absolute Gasteiger partial charge is 0.497 e. The number of methoxy groups -OCH3 is 1. The van der Waals surface area contributed by atoms with Crippen LogP contribution in [-0.2, 0) is 0 Å². The first-order valence-corrected chi connectivity index (χ1v) is 9.39. The van der Waals surface area contributed by atoms with Crippen molar-refractivity contribution in [1.29, 1.82) is 0 Å². The van der Waals surface area contributed by atoms with Crippen LogP contribution in [0.15, 0.2) is 78.3 Å². The molecule has 2 aromatic carbocycles. The van der Waals surface area contributed by atoms with E-state index in [1.165, 1.54) is 0 Å². The summed E-state index contributed by atoms with van der Waals surface area (Å²) in [7, 11) is 1.68. The zero-order chi connectivity index (χ0) is 17.9. The van der Waals surface area contributed by atoms with Crippen LogP contribution >= 0.6 is 11.8 Å². The van der Waals surface area contributed by atoms with E-state index in [1.54, 1.807) is 31.4 Å². The van der Waals surface area contributed by atoms with Gasteiger partial charge in [-0.1, -0.05) is 30.3 Å².